The van der Waals surface area contributed by atoms with E-state index < -0.39 is 0 Å². The Bertz CT molecular complexity index is 479. The number of likely N-dealkylation sites (tertiary alicyclic amines) is 2. The van der Waals surface area contributed by atoms with Crippen LogP contribution in [0.2, 0.25) is 0 Å². The molecule has 0 aromatic carbocycles. The van der Waals surface area contributed by atoms with Gasteiger partial charge in [-0.2, -0.15) is 0 Å². The molecule has 0 amide bonds. The molecule has 2 aliphatic rings. The molecule has 1 aromatic heterocycles. The van der Waals surface area contributed by atoms with Crippen LogP contribution in [0.1, 0.15) is 64.2 Å². The number of piperidine rings is 2. The van der Waals surface area contributed by atoms with Gasteiger partial charge in [0.15, 0.2) is 5.82 Å². The van der Waals surface area contributed by atoms with Crippen LogP contribution in [0.3, 0.4) is 0 Å². The summed E-state index contributed by atoms with van der Waals surface area (Å²) in [6, 6.07) is 1.12. The molecule has 6 nitrogen and oxygen atoms in total. The maximum Gasteiger partial charge on any atom is 0.167 e. The van der Waals surface area contributed by atoms with Gasteiger partial charge in [0.2, 0.25) is 0 Å². The maximum absolute atomic E-state index is 4.17. The van der Waals surface area contributed by atoms with Gasteiger partial charge in [-0.1, -0.05) is 6.42 Å². The van der Waals surface area contributed by atoms with E-state index in [9.17, 15) is 0 Å². The molecule has 3 heterocycles. The maximum atomic E-state index is 4.17. The van der Waals surface area contributed by atoms with Gasteiger partial charge in [-0.3, -0.25) is 4.90 Å². The van der Waals surface area contributed by atoms with Crippen molar-refractivity contribution in [2.75, 3.05) is 26.2 Å². The van der Waals surface area contributed by atoms with Crippen molar-refractivity contribution in [3.05, 3.63) is 5.82 Å². The number of rotatable bonds is 5. The van der Waals surface area contributed by atoms with Crippen LogP contribution in [0.5, 0.6) is 0 Å². The molecule has 0 bridgehead atoms. The molecule has 2 atom stereocenters. The lowest BCUT2D eigenvalue weighted by molar-refractivity contribution is 0.109. The average molecular weight is 320 g/mol. The zero-order chi connectivity index (χ0) is 16.2. The van der Waals surface area contributed by atoms with Crippen molar-refractivity contribution in [1.82, 2.24) is 30.0 Å². The largest absolute Gasteiger partial charge is 0.301 e. The highest BCUT2D eigenvalue weighted by Gasteiger charge is 2.27. The Morgan fingerprint density at radius 3 is 2.57 bits per heavy atom. The topological polar surface area (TPSA) is 50.1 Å². The minimum absolute atomic E-state index is 0.318. The van der Waals surface area contributed by atoms with Crippen molar-refractivity contribution in [3.8, 4) is 0 Å². The number of aromatic nitrogens is 4. The predicted molar refractivity (Wildman–Crippen MR) is 91.0 cm³/mol. The molecule has 2 fully saturated rings. The second-order valence-electron chi connectivity index (χ2n) is 7.49. The smallest absolute Gasteiger partial charge is 0.167 e. The third-order valence-electron chi connectivity index (χ3n) is 5.99. The quantitative estimate of drug-likeness (QED) is 0.833. The number of hydrogen-bond donors (Lipinski definition) is 0. The number of tetrazole rings is 1. The summed E-state index contributed by atoms with van der Waals surface area (Å²) in [6.07, 6.45) is 8.21. The molecule has 3 rings (SSSR count). The first kappa shape index (κ1) is 16.8. The molecule has 2 aliphatic heterocycles. The minimum atomic E-state index is 0.318. The zero-order valence-electron chi connectivity index (χ0n) is 15.0. The van der Waals surface area contributed by atoms with E-state index in [-0.39, 0.29) is 0 Å². The Kier molecular flexibility index (Phi) is 5.64. The lowest BCUT2D eigenvalue weighted by Gasteiger charge is -2.37. The monoisotopic (exact) mass is 320 g/mol. The second kappa shape index (κ2) is 7.71. The fraction of sp³-hybridized carbons (Fsp3) is 0.941. The van der Waals surface area contributed by atoms with Gasteiger partial charge in [-0.05, 0) is 88.5 Å². The molecule has 0 spiro atoms. The molecule has 6 heteroatoms. The number of hydrogen-bond acceptors (Lipinski definition) is 5. The normalized spacial score (nSPS) is 26.5. The standard InChI is InChI=1S/C17H32N6/c1-14-6-4-5-10-22(14)11-7-16-8-12-23(13-9-16)15(2)17-18-19-20-21(17)3/h14-16H,4-13H2,1-3H3/t14-,15-/m0/s1. The third kappa shape index (κ3) is 4.10. The number of aryl methyl sites for hydroxylation is 1. The summed E-state index contributed by atoms with van der Waals surface area (Å²) in [6.45, 7) is 9.59. The molecular formula is C17H32N6. The summed E-state index contributed by atoms with van der Waals surface area (Å²) >= 11 is 0. The van der Waals surface area contributed by atoms with E-state index in [1.807, 2.05) is 7.05 Å². The molecule has 1 aromatic rings. The molecule has 2 saturated heterocycles. The van der Waals surface area contributed by atoms with Gasteiger partial charge in [-0.15, -0.1) is 5.10 Å². The van der Waals surface area contributed by atoms with Gasteiger partial charge < -0.3 is 4.90 Å². The molecule has 130 valence electrons. The Labute approximate surface area is 140 Å². The first-order chi connectivity index (χ1) is 11.1. The Morgan fingerprint density at radius 1 is 1.13 bits per heavy atom. The first-order valence-corrected chi connectivity index (χ1v) is 9.35. The van der Waals surface area contributed by atoms with Crippen LogP contribution in [0.15, 0.2) is 0 Å². The summed E-state index contributed by atoms with van der Waals surface area (Å²) in [5.74, 6) is 1.87. The van der Waals surface area contributed by atoms with Crippen LogP contribution in [0.4, 0.5) is 0 Å². The van der Waals surface area contributed by atoms with Crippen molar-refractivity contribution in [2.24, 2.45) is 13.0 Å². The zero-order valence-corrected chi connectivity index (χ0v) is 15.0. The Morgan fingerprint density at radius 2 is 1.91 bits per heavy atom. The van der Waals surface area contributed by atoms with Crippen molar-refractivity contribution in [2.45, 2.75) is 64.5 Å². The summed E-state index contributed by atoms with van der Waals surface area (Å²) in [5.41, 5.74) is 0. The second-order valence-corrected chi connectivity index (χ2v) is 7.49. The number of nitrogens with zero attached hydrogens (tertiary/aromatic N) is 6. The molecule has 0 saturated carbocycles. The van der Waals surface area contributed by atoms with Gasteiger partial charge in [0.05, 0.1) is 6.04 Å². The van der Waals surface area contributed by atoms with Crippen LogP contribution in [0, 0.1) is 5.92 Å². The van der Waals surface area contributed by atoms with Crippen LogP contribution in [-0.4, -0.2) is 62.2 Å². The van der Waals surface area contributed by atoms with E-state index >= 15 is 0 Å². The van der Waals surface area contributed by atoms with Crippen molar-refractivity contribution >= 4 is 0 Å². The van der Waals surface area contributed by atoms with Crippen LogP contribution in [0.25, 0.3) is 0 Å². The van der Waals surface area contributed by atoms with E-state index in [1.54, 1.807) is 4.68 Å². The third-order valence-corrected chi connectivity index (χ3v) is 5.99. The Hall–Kier alpha value is -1.01. The predicted octanol–water partition coefficient (Wildman–Crippen LogP) is 2.25. The minimum Gasteiger partial charge on any atom is -0.301 e. The van der Waals surface area contributed by atoms with Crippen molar-refractivity contribution < 1.29 is 0 Å². The van der Waals surface area contributed by atoms with Gasteiger partial charge in [0.1, 0.15) is 0 Å². The van der Waals surface area contributed by atoms with E-state index in [1.165, 1.54) is 64.7 Å². The fourth-order valence-electron chi connectivity index (χ4n) is 4.22. The molecule has 0 radical (unpaired) electrons. The summed E-state index contributed by atoms with van der Waals surface area (Å²) in [7, 11) is 1.93. The van der Waals surface area contributed by atoms with E-state index in [2.05, 4.69) is 39.2 Å². The lowest BCUT2D eigenvalue weighted by Crippen LogP contribution is -2.40. The molecule has 0 N–H and O–H groups in total. The van der Waals surface area contributed by atoms with E-state index in [0.29, 0.717) is 6.04 Å². The molecule has 0 unspecified atom stereocenters. The van der Waals surface area contributed by atoms with Crippen LogP contribution >= 0.6 is 0 Å². The summed E-state index contributed by atoms with van der Waals surface area (Å²) in [4.78, 5) is 5.25. The molecule has 0 aliphatic carbocycles. The fourth-order valence-corrected chi connectivity index (χ4v) is 4.22. The average Bonchev–Trinajstić information content (AvgIpc) is 3.00. The summed E-state index contributed by atoms with van der Waals surface area (Å²) < 4.78 is 1.80. The van der Waals surface area contributed by atoms with Gasteiger partial charge in [0, 0.05) is 13.1 Å². The van der Waals surface area contributed by atoms with Gasteiger partial charge >= 0.3 is 0 Å². The highest BCUT2D eigenvalue weighted by atomic mass is 15.5. The molecular weight excluding hydrogens is 288 g/mol. The van der Waals surface area contributed by atoms with Crippen LogP contribution in [-0.2, 0) is 7.05 Å². The van der Waals surface area contributed by atoms with E-state index in [0.717, 1.165) is 17.8 Å². The lowest BCUT2D eigenvalue weighted by atomic mass is 9.91. The SMILES string of the molecule is C[C@H]1CCCCN1CCC1CCN([C@@H](C)c2nnnn2C)CC1. The summed E-state index contributed by atoms with van der Waals surface area (Å²) in [5, 5.41) is 11.9. The van der Waals surface area contributed by atoms with E-state index in [4.69, 9.17) is 0 Å². The Balaban J connectivity index is 1.42. The first-order valence-electron chi connectivity index (χ1n) is 9.35. The van der Waals surface area contributed by atoms with Crippen LogP contribution < -0.4 is 0 Å². The highest BCUT2D eigenvalue weighted by molar-refractivity contribution is 4.91. The van der Waals surface area contributed by atoms with Gasteiger partial charge in [0.25, 0.3) is 0 Å². The van der Waals surface area contributed by atoms with Crippen molar-refractivity contribution in [1.29, 1.82) is 0 Å². The highest BCUT2D eigenvalue weighted by Crippen LogP contribution is 2.27. The molecule has 23 heavy (non-hydrogen) atoms. The van der Waals surface area contributed by atoms with Crippen molar-refractivity contribution in [3.63, 3.8) is 0 Å². The van der Waals surface area contributed by atoms with Gasteiger partial charge in [-0.25, -0.2) is 4.68 Å².